The molecule has 0 bridgehead atoms. The molecule has 0 saturated heterocycles. The lowest BCUT2D eigenvalue weighted by Gasteiger charge is -2.08. The van der Waals surface area contributed by atoms with Crippen LogP contribution in [0.4, 0.5) is 0 Å². The fourth-order valence-corrected chi connectivity index (χ4v) is 2.56. The summed E-state index contributed by atoms with van der Waals surface area (Å²) < 4.78 is 15.7. The second-order valence-electron chi connectivity index (χ2n) is 5.58. The Morgan fingerprint density at radius 1 is 1.16 bits per heavy atom. The minimum absolute atomic E-state index is 0.246. The van der Waals surface area contributed by atoms with E-state index in [1.807, 2.05) is 18.2 Å². The summed E-state index contributed by atoms with van der Waals surface area (Å²) in [6.45, 7) is 0.580. The van der Waals surface area contributed by atoms with Gasteiger partial charge in [0.05, 0.1) is 13.4 Å². The van der Waals surface area contributed by atoms with Crippen molar-refractivity contribution in [2.24, 2.45) is 0 Å². The van der Waals surface area contributed by atoms with E-state index in [1.165, 1.54) is 5.56 Å². The third kappa shape index (κ3) is 4.29. The Balaban J connectivity index is 1.42. The first-order valence-electron chi connectivity index (χ1n) is 8.18. The summed E-state index contributed by atoms with van der Waals surface area (Å²) in [6.07, 6.45) is 4.27. The Labute approximate surface area is 145 Å². The highest BCUT2D eigenvalue weighted by Crippen LogP contribution is 2.21. The molecular weight excluding hydrogens is 320 g/mol. The Hall–Kier alpha value is -3.02. The van der Waals surface area contributed by atoms with Gasteiger partial charge < -0.3 is 19.0 Å². The van der Waals surface area contributed by atoms with Gasteiger partial charge in [-0.3, -0.25) is 4.79 Å². The average Bonchev–Trinajstić information content (AvgIpc) is 3.33. The molecule has 0 spiro atoms. The zero-order valence-electron chi connectivity index (χ0n) is 14.0. The maximum absolute atomic E-state index is 12.1. The summed E-state index contributed by atoms with van der Waals surface area (Å²) in [7, 11) is 1.67. The van der Waals surface area contributed by atoms with E-state index in [9.17, 15) is 4.79 Å². The normalized spacial score (nSPS) is 10.6. The smallest absolute Gasteiger partial charge is 0.273 e. The number of hydrogen-bond donors (Lipinski definition) is 1. The fraction of sp³-hybridized carbons (Fsp3) is 0.263. The van der Waals surface area contributed by atoms with Crippen molar-refractivity contribution in [3.63, 3.8) is 0 Å². The van der Waals surface area contributed by atoms with Gasteiger partial charge >= 0.3 is 0 Å². The van der Waals surface area contributed by atoms with Crippen LogP contribution in [-0.4, -0.2) is 24.7 Å². The Morgan fingerprint density at radius 2 is 2.04 bits per heavy atom. The van der Waals surface area contributed by atoms with Crippen molar-refractivity contribution >= 4 is 5.91 Å². The number of ether oxygens (including phenoxy) is 1. The average molecular weight is 340 g/mol. The number of nitrogens with one attached hydrogen (secondary N) is 1. The standard InChI is InChI=1S/C19H20N2O4/c1-23-16-9-3-2-7-14(16)8-4-5-11-20-19(22)15-13-18(25-21-15)17-10-6-12-24-17/h2-3,6-7,9-10,12-13H,4-5,8,11H2,1H3,(H,20,22). The number of para-hydroxylation sites is 1. The molecule has 0 fully saturated rings. The number of carbonyl (C=O) groups is 1. The highest BCUT2D eigenvalue weighted by Gasteiger charge is 2.14. The summed E-state index contributed by atoms with van der Waals surface area (Å²) in [4.78, 5) is 12.1. The molecule has 2 heterocycles. The first-order chi connectivity index (χ1) is 12.3. The molecule has 0 radical (unpaired) electrons. The van der Waals surface area contributed by atoms with E-state index < -0.39 is 0 Å². The molecule has 3 aromatic rings. The van der Waals surface area contributed by atoms with Gasteiger partial charge in [-0.1, -0.05) is 23.4 Å². The van der Waals surface area contributed by atoms with Crippen LogP contribution >= 0.6 is 0 Å². The van der Waals surface area contributed by atoms with Gasteiger partial charge in [-0.2, -0.15) is 0 Å². The number of nitrogens with zero attached hydrogens (tertiary/aromatic N) is 1. The Morgan fingerprint density at radius 3 is 2.84 bits per heavy atom. The van der Waals surface area contributed by atoms with E-state index in [4.69, 9.17) is 13.7 Å². The molecule has 0 aliphatic heterocycles. The van der Waals surface area contributed by atoms with Crippen molar-refractivity contribution in [2.75, 3.05) is 13.7 Å². The quantitative estimate of drug-likeness (QED) is 0.633. The maximum Gasteiger partial charge on any atom is 0.273 e. The van der Waals surface area contributed by atoms with Gasteiger partial charge in [-0.15, -0.1) is 0 Å². The molecule has 2 aromatic heterocycles. The molecule has 6 heteroatoms. The Kier molecular flexibility index (Phi) is 5.51. The number of aromatic nitrogens is 1. The van der Waals surface area contributed by atoms with Crippen LogP contribution < -0.4 is 10.1 Å². The van der Waals surface area contributed by atoms with Crippen molar-refractivity contribution < 1.29 is 18.5 Å². The second-order valence-corrected chi connectivity index (χ2v) is 5.58. The van der Waals surface area contributed by atoms with E-state index in [0.29, 0.717) is 18.1 Å². The molecule has 3 rings (SSSR count). The van der Waals surface area contributed by atoms with Crippen molar-refractivity contribution in [1.82, 2.24) is 10.5 Å². The highest BCUT2D eigenvalue weighted by molar-refractivity contribution is 5.92. The SMILES string of the molecule is COc1ccccc1CCCCNC(=O)c1cc(-c2ccco2)on1. The van der Waals surface area contributed by atoms with Crippen LogP contribution in [0.5, 0.6) is 5.75 Å². The van der Waals surface area contributed by atoms with Gasteiger partial charge in [0, 0.05) is 12.6 Å². The van der Waals surface area contributed by atoms with Crippen LogP contribution in [0.15, 0.2) is 57.7 Å². The molecule has 1 N–H and O–H groups in total. The number of methoxy groups -OCH3 is 1. The zero-order chi connectivity index (χ0) is 17.5. The number of furan rings is 1. The molecule has 0 saturated carbocycles. The van der Waals surface area contributed by atoms with Crippen LogP contribution in [-0.2, 0) is 6.42 Å². The van der Waals surface area contributed by atoms with Crippen molar-refractivity contribution in [3.8, 4) is 17.3 Å². The summed E-state index contributed by atoms with van der Waals surface area (Å²) in [5.74, 6) is 1.63. The minimum Gasteiger partial charge on any atom is -0.496 e. The number of carbonyl (C=O) groups excluding carboxylic acids is 1. The summed E-state index contributed by atoms with van der Waals surface area (Å²) >= 11 is 0. The minimum atomic E-state index is -0.251. The van der Waals surface area contributed by atoms with Gasteiger partial charge in [0.15, 0.2) is 11.5 Å². The van der Waals surface area contributed by atoms with Gasteiger partial charge in [-0.25, -0.2) is 0 Å². The monoisotopic (exact) mass is 340 g/mol. The molecule has 0 aliphatic rings. The fourth-order valence-electron chi connectivity index (χ4n) is 2.56. The molecule has 0 atom stereocenters. The number of aryl methyl sites for hydroxylation is 1. The molecule has 1 amide bonds. The molecule has 130 valence electrons. The van der Waals surface area contributed by atoms with E-state index in [0.717, 1.165) is 25.0 Å². The number of hydrogen-bond acceptors (Lipinski definition) is 5. The number of unbranched alkanes of at least 4 members (excludes halogenated alkanes) is 1. The largest absolute Gasteiger partial charge is 0.496 e. The van der Waals surface area contributed by atoms with Gasteiger partial charge in [0.1, 0.15) is 5.75 Å². The lowest BCUT2D eigenvalue weighted by molar-refractivity contribution is 0.0944. The number of rotatable bonds is 8. The van der Waals surface area contributed by atoms with Gasteiger partial charge in [0.25, 0.3) is 5.91 Å². The summed E-state index contributed by atoms with van der Waals surface area (Å²) in [5.41, 5.74) is 1.42. The summed E-state index contributed by atoms with van der Waals surface area (Å²) in [5, 5.41) is 6.63. The second kappa shape index (κ2) is 8.19. The zero-order valence-corrected chi connectivity index (χ0v) is 14.0. The van der Waals surface area contributed by atoms with Crippen molar-refractivity contribution in [1.29, 1.82) is 0 Å². The lowest BCUT2D eigenvalue weighted by Crippen LogP contribution is -2.24. The van der Waals surface area contributed by atoms with Crippen LogP contribution in [0, 0.1) is 0 Å². The van der Waals surface area contributed by atoms with E-state index in [-0.39, 0.29) is 11.6 Å². The van der Waals surface area contributed by atoms with Gasteiger partial charge in [-0.05, 0) is 43.0 Å². The molecule has 0 unspecified atom stereocenters. The third-order valence-electron chi connectivity index (χ3n) is 3.86. The third-order valence-corrected chi connectivity index (χ3v) is 3.86. The lowest BCUT2D eigenvalue weighted by atomic mass is 10.1. The maximum atomic E-state index is 12.1. The topological polar surface area (TPSA) is 77.5 Å². The molecular formula is C19H20N2O4. The Bertz CT molecular complexity index is 808. The molecule has 25 heavy (non-hydrogen) atoms. The predicted octanol–water partition coefficient (Wildman–Crippen LogP) is 3.70. The van der Waals surface area contributed by atoms with Crippen LogP contribution in [0.3, 0.4) is 0 Å². The summed E-state index contributed by atoms with van der Waals surface area (Å²) in [6, 6.07) is 13.0. The van der Waals surface area contributed by atoms with E-state index in [1.54, 1.807) is 31.6 Å². The van der Waals surface area contributed by atoms with Crippen LogP contribution in [0.25, 0.3) is 11.5 Å². The highest BCUT2D eigenvalue weighted by atomic mass is 16.5. The van der Waals surface area contributed by atoms with E-state index in [2.05, 4.69) is 16.5 Å². The number of amides is 1. The molecule has 1 aromatic carbocycles. The molecule has 0 aliphatic carbocycles. The molecule has 6 nitrogen and oxygen atoms in total. The van der Waals surface area contributed by atoms with Crippen LogP contribution in [0.2, 0.25) is 0 Å². The van der Waals surface area contributed by atoms with Crippen LogP contribution in [0.1, 0.15) is 28.9 Å². The van der Waals surface area contributed by atoms with Crippen molar-refractivity contribution in [3.05, 3.63) is 60.0 Å². The van der Waals surface area contributed by atoms with Crippen molar-refractivity contribution in [2.45, 2.75) is 19.3 Å². The van der Waals surface area contributed by atoms with Gasteiger partial charge in [0.2, 0.25) is 5.76 Å². The first kappa shape index (κ1) is 16.8. The number of benzene rings is 1. The van der Waals surface area contributed by atoms with E-state index >= 15 is 0 Å². The first-order valence-corrected chi connectivity index (χ1v) is 8.18. The predicted molar refractivity (Wildman–Crippen MR) is 92.5 cm³/mol.